The molecule has 2 aromatic carbocycles. The number of methoxy groups -OCH3 is 1. The van der Waals surface area contributed by atoms with E-state index in [0.29, 0.717) is 15.2 Å². The van der Waals surface area contributed by atoms with Gasteiger partial charge in [-0.25, -0.2) is 8.42 Å². The average Bonchev–Trinajstić information content (AvgIpc) is 2.52. The normalized spacial score (nSPS) is 11.1. The average molecular weight is 417 g/mol. The molecule has 0 aliphatic heterocycles. The summed E-state index contributed by atoms with van der Waals surface area (Å²) in [5.74, 6) is 0.208. The summed E-state index contributed by atoms with van der Waals surface area (Å²) in [6, 6.07) is 11.7. The van der Waals surface area contributed by atoms with Gasteiger partial charge in [-0.2, -0.15) is 0 Å². The van der Waals surface area contributed by atoms with Gasteiger partial charge in [-0.3, -0.25) is 4.31 Å². The van der Waals surface area contributed by atoms with Crippen LogP contribution in [0.25, 0.3) is 0 Å². The number of nitrogens with zero attached hydrogens (tertiary/aromatic N) is 1. The zero-order valence-electron chi connectivity index (χ0n) is 12.4. The fraction of sp³-hybridized carbons (Fsp3) is 0.125. The summed E-state index contributed by atoms with van der Waals surface area (Å²) in [5, 5.41) is 0.294. The number of sulfonamides is 1. The molecular weight excluding hydrogens is 402 g/mol. The molecule has 2 rings (SSSR count). The molecule has 0 radical (unpaired) electrons. The maximum Gasteiger partial charge on any atom is 0.268 e. The van der Waals surface area contributed by atoms with Crippen molar-refractivity contribution in [3.8, 4) is 5.75 Å². The number of rotatable bonds is 6. The number of para-hydroxylation sites is 1. The van der Waals surface area contributed by atoms with Gasteiger partial charge in [0, 0.05) is 5.02 Å². The van der Waals surface area contributed by atoms with Crippen molar-refractivity contribution in [3.63, 3.8) is 0 Å². The molecule has 0 amide bonds. The lowest BCUT2D eigenvalue weighted by Gasteiger charge is -2.24. The lowest BCUT2D eigenvalue weighted by atomic mass is 10.3. The fourth-order valence-corrected chi connectivity index (χ4v) is 4.91. The highest BCUT2D eigenvalue weighted by molar-refractivity contribution is 9.10. The van der Waals surface area contributed by atoms with Crippen molar-refractivity contribution < 1.29 is 13.2 Å². The summed E-state index contributed by atoms with van der Waals surface area (Å²) in [7, 11) is -2.47. The zero-order valence-corrected chi connectivity index (χ0v) is 15.5. The van der Waals surface area contributed by atoms with Crippen molar-refractivity contribution in [2.75, 3.05) is 18.0 Å². The molecule has 23 heavy (non-hydrogen) atoms. The third-order valence-corrected chi connectivity index (χ3v) is 5.69. The predicted octanol–water partition coefficient (Wildman–Crippen LogP) is 4.49. The largest absolute Gasteiger partial charge is 0.494 e. The van der Waals surface area contributed by atoms with Crippen LogP contribution >= 0.6 is 27.5 Å². The molecule has 4 nitrogen and oxygen atoms in total. The van der Waals surface area contributed by atoms with E-state index in [1.165, 1.54) is 23.6 Å². The highest BCUT2D eigenvalue weighted by atomic mass is 79.9. The quantitative estimate of drug-likeness (QED) is 0.652. The first-order chi connectivity index (χ1) is 10.9. The SMILES string of the molecule is C=CCN(c1ccccc1)S(=O)(=O)c1cc(Cl)cc(Br)c1OC. The number of ether oxygens (including phenoxy) is 1. The molecule has 0 fully saturated rings. The molecule has 0 spiro atoms. The lowest BCUT2D eigenvalue weighted by molar-refractivity contribution is 0.400. The van der Waals surface area contributed by atoms with Gasteiger partial charge >= 0.3 is 0 Å². The number of hydrogen-bond donors (Lipinski definition) is 0. The van der Waals surface area contributed by atoms with E-state index in [1.807, 2.05) is 6.07 Å². The van der Waals surface area contributed by atoms with Crippen LogP contribution in [0.3, 0.4) is 0 Å². The highest BCUT2D eigenvalue weighted by Crippen LogP contribution is 2.37. The molecule has 0 saturated carbocycles. The van der Waals surface area contributed by atoms with E-state index in [9.17, 15) is 8.42 Å². The van der Waals surface area contributed by atoms with Gasteiger partial charge in [-0.15, -0.1) is 6.58 Å². The van der Waals surface area contributed by atoms with Gasteiger partial charge in [0.15, 0.2) is 5.75 Å². The Kier molecular flexibility index (Phi) is 5.73. The van der Waals surface area contributed by atoms with E-state index < -0.39 is 10.0 Å². The Bertz CT molecular complexity index is 810. The Morgan fingerprint density at radius 1 is 1.30 bits per heavy atom. The van der Waals surface area contributed by atoms with Crippen LogP contribution in [0.1, 0.15) is 0 Å². The van der Waals surface area contributed by atoms with E-state index in [-0.39, 0.29) is 17.2 Å². The van der Waals surface area contributed by atoms with E-state index in [0.717, 1.165) is 0 Å². The minimum atomic E-state index is -3.88. The van der Waals surface area contributed by atoms with Crippen LogP contribution in [0.15, 0.2) is 64.5 Å². The summed E-state index contributed by atoms with van der Waals surface area (Å²) in [4.78, 5) is -0.00919. The number of benzene rings is 2. The smallest absolute Gasteiger partial charge is 0.268 e. The molecule has 2 aromatic rings. The standard InChI is InChI=1S/C16H15BrClNO3S/c1-3-9-19(13-7-5-4-6-8-13)23(20,21)15-11-12(18)10-14(17)16(15)22-2/h3-8,10-11H,1,9H2,2H3. The van der Waals surface area contributed by atoms with Crippen LogP contribution in [0, 0.1) is 0 Å². The highest BCUT2D eigenvalue weighted by Gasteiger charge is 2.29. The summed E-state index contributed by atoms with van der Waals surface area (Å²) >= 11 is 9.31. The molecule has 0 saturated heterocycles. The second-order valence-electron chi connectivity index (χ2n) is 4.58. The van der Waals surface area contributed by atoms with Crippen molar-refractivity contribution in [1.29, 1.82) is 0 Å². The van der Waals surface area contributed by atoms with Crippen molar-refractivity contribution >= 4 is 43.2 Å². The molecule has 0 N–H and O–H groups in total. The number of hydrogen-bond acceptors (Lipinski definition) is 3. The maximum atomic E-state index is 13.1. The van der Waals surface area contributed by atoms with Crippen LogP contribution in [0.2, 0.25) is 5.02 Å². The lowest BCUT2D eigenvalue weighted by Crippen LogP contribution is -2.31. The fourth-order valence-electron chi connectivity index (χ4n) is 2.10. The van der Waals surface area contributed by atoms with Crippen LogP contribution in [0.5, 0.6) is 5.75 Å². The predicted molar refractivity (Wildman–Crippen MR) is 96.9 cm³/mol. The summed E-state index contributed by atoms with van der Waals surface area (Å²) in [6.07, 6.45) is 1.52. The van der Waals surface area contributed by atoms with Crippen LogP contribution in [0.4, 0.5) is 5.69 Å². The molecule has 0 aliphatic carbocycles. The van der Waals surface area contributed by atoms with Gasteiger partial charge in [-0.05, 0) is 40.2 Å². The monoisotopic (exact) mass is 415 g/mol. The molecule has 0 atom stereocenters. The molecule has 122 valence electrons. The molecule has 0 aliphatic rings. The molecular formula is C16H15BrClNO3S. The van der Waals surface area contributed by atoms with Crippen LogP contribution < -0.4 is 9.04 Å². The van der Waals surface area contributed by atoms with Crippen molar-refractivity contribution in [3.05, 3.63) is 64.6 Å². The van der Waals surface area contributed by atoms with Crippen molar-refractivity contribution in [2.24, 2.45) is 0 Å². The van der Waals surface area contributed by atoms with Gasteiger partial charge in [-0.1, -0.05) is 35.9 Å². The molecule has 0 bridgehead atoms. The molecule has 0 heterocycles. The first kappa shape index (κ1) is 17.8. The van der Waals surface area contributed by atoms with Crippen LogP contribution in [-0.4, -0.2) is 22.1 Å². The summed E-state index contributed by atoms with van der Waals surface area (Å²) < 4.78 is 33.2. The second-order valence-corrected chi connectivity index (χ2v) is 7.70. The molecule has 0 aromatic heterocycles. The van der Waals surface area contributed by atoms with E-state index in [4.69, 9.17) is 16.3 Å². The van der Waals surface area contributed by atoms with Gasteiger partial charge < -0.3 is 4.74 Å². The Morgan fingerprint density at radius 2 is 1.96 bits per heavy atom. The minimum Gasteiger partial charge on any atom is -0.494 e. The topological polar surface area (TPSA) is 46.6 Å². The van der Waals surface area contributed by atoms with Crippen LogP contribution in [-0.2, 0) is 10.0 Å². The van der Waals surface area contributed by atoms with E-state index in [2.05, 4.69) is 22.5 Å². The first-order valence-corrected chi connectivity index (χ1v) is 9.24. The Balaban J connectivity index is 2.66. The Morgan fingerprint density at radius 3 is 2.52 bits per heavy atom. The third-order valence-electron chi connectivity index (χ3n) is 3.09. The number of anilines is 1. The number of halogens is 2. The summed E-state index contributed by atoms with van der Waals surface area (Å²) in [5.41, 5.74) is 0.533. The third kappa shape index (κ3) is 3.71. The van der Waals surface area contributed by atoms with Gasteiger partial charge in [0.25, 0.3) is 10.0 Å². The molecule has 0 unspecified atom stereocenters. The van der Waals surface area contributed by atoms with E-state index >= 15 is 0 Å². The zero-order chi connectivity index (χ0) is 17.0. The second kappa shape index (κ2) is 7.38. The first-order valence-electron chi connectivity index (χ1n) is 6.63. The van der Waals surface area contributed by atoms with E-state index in [1.54, 1.807) is 30.3 Å². The summed E-state index contributed by atoms with van der Waals surface area (Å²) in [6.45, 7) is 3.76. The van der Waals surface area contributed by atoms with Crippen molar-refractivity contribution in [2.45, 2.75) is 4.90 Å². The minimum absolute atomic E-state index is 0.00919. The molecule has 7 heteroatoms. The van der Waals surface area contributed by atoms with Gasteiger partial charge in [0.2, 0.25) is 0 Å². The van der Waals surface area contributed by atoms with Gasteiger partial charge in [0.05, 0.1) is 23.8 Å². The van der Waals surface area contributed by atoms with Crippen molar-refractivity contribution in [1.82, 2.24) is 0 Å². The Hall–Kier alpha value is -1.50. The van der Waals surface area contributed by atoms with Gasteiger partial charge in [0.1, 0.15) is 4.90 Å². The maximum absolute atomic E-state index is 13.1. The Labute approximate surface area is 149 Å².